The number of amides is 1. The quantitative estimate of drug-likeness (QED) is 0.604. The van der Waals surface area contributed by atoms with E-state index in [1.165, 1.54) is 4.52 Å². The number of carbonyl (C=O) groups excluding carboxylic acids is 1. The number of rotatable bonds is 4. The Labute approximate surface area is 155 Å². The third-order valence-corrected chi connectivity index (χ3v) is 4.15. The Morgan fingerprint density at radius 2 is 1.78 bits per heavy atom. The standard InChI is InChI=1S/C20H17N5O2/c1-13-17(19(26)22-15-8-10-16(27-2)11-9-15)12-25-20(21-13)23-18(24-25)14-6-4-3-5-7-14/h3-12H,1-2H3,(H,22,26). The summed E-state index contributed by atoms with van der Waals surface area (Å²) in [5.74, 6) is 1.48. The smallest absolute Gasteiger partial charge is 0.259 e. The van der Waals surface area contributed by atoms with Gasteiger partial charge < -0.3 is 10.1 Å². The van der Waals surface area contributed by atoms with Gasteiger partial charge in [-0.1, -0.05) is 30.3 Å². The van der Waals surface area contributed by atoms with Crippen molar-refractivity contribution in [3.05, 3.63) is 72.1 Å². The Balaban J connectivity index is 1.64. The minimum absolute atomic E-state index is 0.260. The third-order valence-electron chi connectivity index (χ3n) is 4.15. The Bertz CT molecular complexity index is 1100. The number of fused-ring (bicyclic) bond motifs is 1. The van der Waals surface area contributed by atoms with Crippen LogP contribution in [-0.4, -0.2) is 32.6 Å². The van der Waals surface area contributed by atoms with E-state index in [9.17, 15) is 4.79 Å². The molecule has 0 unspecified atom stereocenters. The second kappa shape index (κ2) is 6.87. The van der Waals surface area contributed by atoms with E-state index in [0.29, 0.717) is 28.5 Å². The molecule has 0 fully saturated rings. The number of aryl methyl sites for hydroxylation is 1. The lowest BCUT2D eigenvalue weighted by Crippen LogP contribution is -2.15. The van der Waals surface area contributed by atoms with Gasteiger partial charge in [0.2, 0.25) is 0 Å². The molecule has 0 aliphatic heterocycles. The van der Waals surface area contributed by atoms with Crippen LogP contribution in [0.15, 0.2) is 60.8 Å². The molecule has 1 N–H and O–H groups in total. The molecular weight excluding hydrogens is 342 g/mol. The van der Waals surface area contributed by atoms with Crippen LogP contribution in [-0.2, 0) is 0 Å². The largest absolute Gasteiger partial charge is 0.497 e. The van der Waals surface area contributed by atoms with Crippen molar-refractivity contribution in [2.75, 3.05) is 12.4 Å². The second-order valence-electron chi connectivity index (χ2n) is 5.97. The Hall–Kier alpha value is -3.74. The normalized spacial score (nSPS) is 10.7. The van der Waals surface area contributed by atoms with Crippen LogP contribution in [0.5, 0.6) is 5.75 Å². The lowest BCUT2D eigenvalue weighted by atomic mass is 10.2. The lowest BCUT2D eigenvalue weighted by Gasteiger charge is -2.08. The fraction of sp³-hybridized carbons (Fsp3) is 0.100. The van der Waals surface area contributed by atoms with Gasteiger partial charge in [-0.25, -0.2) is 9.50 Å². The minimum Gasteiger partial charge on any atom is -0.497 e. The monoisotopic (exact) mass is 359 g/mol. The van der Waals surface area contributed by atoms with Crippen molar-refractivity contribution in [3.63, 3.8) is 0 Å². The van der Waals surface area contributed by atoms with E-state index in [2.05, 4.69) is 20.4 Å². The maximum atomic E-state index is 12.7. The second-order valence-corrected chi connectivity index (χ2v) is 5.97. The molecule has 134 valence electrons. The number of anilines is 1. The maximum Gasteiger partial charge on any atom is 0.259 e. The van der Waals surface area contributed by atoms with Gasteiger partial charge in [0.05, 0.1) is 18.4 Å². The lowest BCUT2D eigenvalue weighted by molar-refractivity contribution is 0.102. The fourth-order valence-corrected chi connectivity index (χ4v) is 2.71. The van der Waals surface area contributed by atoms with Crippen molar-refractivity contribution in [2.24, 2.45) is 0 Å². The summed E-state index contributed by atoms with van der Waals surface area (Å²) in [6.07, 6.45) is 1.65. The first-order chi connectivity index (χ1) is 13.1. The topological polar surface area (TPSA) is 81.4 Å². The fourth-order valence-electron chi connectivity index (χ4n) is 2.71. The average molecular weight is 359 g/mol. The summed E-state index contributed by atoms with van der Waals surface area (Å²) in [5, 5.41) is 7.30. The molecule has 0 saturated carbocycles. The van der Waals surface area contributed by atoms with Crippen molar-refractivity contribution >= 4 is 17.4 Å². The van der Waals surface area contributed by atoms with Gasteiger partial charge in [0.15, 0.2) is 5.82 Å². The summed E-state index contributed by atoms with van der Waals surface area (Å²) in [5.41, 5.74) is 2.58. The van der Waals surface area contributed by atoms with Crippen LogP contribution in [0.25, 0.3) is 17.2 Å². The van der Waals surface area contributed by atoms with E-state index >= 15 is 0 Å². The molecule has 0 aliphatic carbocycles. The summed E-state index contributed by atoms with van der Waals surface area (Å²) in [6, 6.07) is 16.8. The number of benzene rings is 2. The molecule has 2 aromatic heterocycles. The van der Waals surface area contributed by atoms with Crippen LogP contribution in [0.3, 0.4) is 0 Å². The molecule has 0 saturated heterocycles. The number of nitrogens with one attached hydrogen (secondary N) is 1. The maximum absolute atomic E-state index is 12.7. The highest BCUT2D eigenvalue weighted by Crippen LogP contribution is 2.18. The number of hydrogen-bond acceptors (Lipinski definition) is 5. The van der Waals surface area contributed by atoms with Crippen molar-refractivity contribution in [1.29, 1.82) is 0 Å². The van der Waals surface area contributed by atoms with E-state index in [1.807, 2.05) is 30.3 Å². The van der Waals surface area contributed by atoms with Gasteiger partial charge in [-0.15, -0.1) is 5.10 Å². The van der Waals surface area contributed by atoms with Crippen molar-refractivity contribution in [1.82, 2.24) is 19.6 Å². The predicted octanol–water partition coefficient (Wildman–Crippen LogP) is 3.36. The highest BCUT2D eigenvalue weighted by atomic mass is 16.5. The van der Waals surface area contributed by atoms with Gasteiger partial charge in [0.1, 0.15) is 5.75 Å². The summed E-state index contributed by atoms with van der Waals surface area (Å²) < 4.78 is 6.65. The zero-order valence-corrected chi connectivity index (χ0v) is 14.9. The highest BCUT2D eigenvalue weighted by Gasteiger charge is 2.15. The Morgan fingerprint density at radius 3 is 2.48 bits per heavy atom. The molecule has 1 amide bonds. The SMILES string of the molecule is COc1ccc(NC(=O)c2cn3nc(-c4ccccc4)nc3nc2C)cc1. The molecule has 7 heteroatoms. The first-order valence-corrected chi connectivity index (χ1v) is 8.39. The summed E-state index contributed by atoms with van der Waals surface area (Å²) >= 11 is 0. The van der Waals surface area contributed by atoms with Crippen LogP contribution < -0.4 is 10.1 Å². The molecule has 0 atom stereocenters. The van der Waals surface area contributed by atoms with Gasteiger partial charge in [0.25, 0.3) is 11.7 Å². The molecule has 2 heterocycles. The molecule has 7 nitrogen and oxygen atoms in total. The molecular formula is C20H17N5O2. The number of ether oxygens (including phenoxy) is 1. The van der Waals surface area contributed by atoms with E-state index in [1.54, 1.807) is 44.5 Å². The van der Waals surface area contributed by atoms with Gasteiger partial charge >= 0.3 is 0 Å². The molecule has 2 aromatic carbocycles. The van der Waals surface area contributed by atoms with Gasteiger partial charge in [0, 0.05) is 17.4 Å². The molecule has 27 heavy (non-hydrogen) atoms. The molecule has 0 spiro atoms. The first-order valence-electron chi connectivity index (χ1n) is 8.39. The van der Waals surface area contributed by atoms with Crippen molar-refractivity contribution < 1.29 is 9.53 Å². The van der Waals surface area contributed by atoms with Crippen LogP contribution >= 0.6 is 0 Å². The van der Waals surface area contributed by atoms with Crippen LogP contribution in [0.1, 0.15) is 16.1 Å². The Morgan fingerprint density at radius 1 is 1.04 bits per heavy atom. The van der Waals surface area contributed by atoms with Gasteiger partial charge in [-0.05, 0) is 31.2 Å². The van der Waals surface area contributed by atoms with Crippen molar-refractivity contribution in [3.8, 4) is 17.1 Å². The summed E-state index contributed by atoms with van der Waals surface area (Å²) in [6.45, 7) is 1.78. The highest BCUT2D eigenvalue weighted by molar-refractivity contribution is 6.04. The number of aromatic nitrogens is 4. The molecule has 4 aromatic rings. The zero-order valence-electron chi connectivity index (χ0n) is 14.9. The van der Waals surface area contributed by atoms with E-state index in [4.69, 9.17) is 4.74 Å². The Kier molecular flexibility index (Phi) is 4.25. The minimum atomic E-state index is -0.260. The zero-order chi connectivity index (χ0) is 18.8. The van der Waals surface area contributed by atoms with Crippen LogP contribution in [0.4, 0.5) is 5.69 Å². The van der Waals surface area contributed by atoms with E-state index < -0.39 is 0 Å². The molecule has 4 rings (SSSR count). The van der Waals surface area contributed by atoms with Crippen LogP contribution in [0, 0.1) is 6.92 Å². The first kappa shape index (κ1) is 16.7. The molecule has 0 bridgehead atoms. The average Bonchev–Trinajstić information content (AvgIpc) is 3.11. The van der Waals surface area contributed by atoms with E-state index in [0.717, 1.165) is 11.3 Å². The van der Waals surface area contributed by atoms with Crippen LogP contribution in [0.2, 0.25) is 0 Å². The van der Waals surface area contributed by atoms with Crippen molar-refractivity contribution in [2.45, 2.75) is 6.92 Å². The molecule has 0 radical (unpaired) electrons. The number of methoxy groups -OCH3 is 1. The van der Waals surface area contributed by atoms with E-state index in [-0.39, 0.29) is 5.91 Å². The van der Waals surface area contributed by atoms with Gasteiger partial charge in [-0.3, -0.25) is 4.79 Å². The summed E-state index contributed by atoms with van der Waals surface area (Å²) in [7, 11) is 1.60. The predicted molar refractivity (Wildman–Crippen MR) is 102 cm³/mol. The molecule has 0 aliphatic rings. The third kappa shape index (κ3) is 3.35. The summed E-state index contributed by atoms with van der Waals surface area (Å²) in [4.78, 5) is 21.5. The number of carbonyl (C=O) groups is 1. The number of hydrogen-bond donors (Lipinski definition) is 1. The number of nitrogens with zero attached hydrogens (tertiary/aromatic N) is 4. The van der Waals surface area contributed by atoms with Gasteiger partial charge in [-0.2, -0.15) is 4.98 Å².